The number of methoxy groups -OCH3 is 1. The summed E-state index contributed by atoms with van der Waals surface area (Å²) < 4.78 is 17.2. The average Bonchev–Trinajstić information content (AvgIpc) is 2.83. The minimum atomic E-state index is -0.371. The van der Waals surface area contributed by atoms with E-state index in [0.717, 1.165) is 27.7 Å². The van der Waals surface area contributed by atoms with Crippen molar-refractivity contribution in [1.29, 1.82) is 0 Å². The molecule has 0 saturated carbocycles. The number of rotatable bonds is 3. The first kappa shape index (κ1) is 19.7. The fourth-order valence-electron chi connectivity index (χ4n) is 3.28. The molecule has 1 aliphatic heterocycles. The Labute approximate surface area is 162 Å². The van der Waals surface area contributed by atoms with E-state index in [9.17, 15) is 4.79 Å². The van der Waals surface area contributed by atoms with Gasteiger partial charge >= 0.3 is 13.1 Å². The average molecular weight is 366 g/mol. The highest BCUT2D eigenvalue weighted by Gasteiger charge is 2.52. The van der Waals surface area contributed by atoms with Gasteiger partial charge in [-0.3, -0.25) is 0 Å². The van der Waals surface area contributed by atoms with Gasteiger partial charge in [0.05, 0.1) is 23.9 Å². The van der Waals surface area contributed by atoms with E-state index >= 15 is 0 Å². The zero-order valence-electron chi connectivity index (χ0n) is 17.2. The van der Waals surface area contributed by atoms with Crippen molar-refractivity contribution in [3.8, 4) is 11.1 Å². The third-order valence-electron chi connectivity index (χ3n) is 5.74. The predicted octanol–water partition coefficient (Wildman–Crippen LogP) is 4.06. The molecule has 2 aromatic carbocycles. The van der Waals surface area contributed by atoms with Gasteiger partial charge in [0.1, 0.15) is 0 Å². The molecule has 1 aliphatic rings. The van der Waals surface area contributed by atoms with Crippen molar-refractivity contribution in [2.75, 3.05) is 7.11 Å². The van der Waals surface area contributed by atoms with Crippen molar-refractivity contribution >= 4 is 18.6 Å². The molecule has 1 saturated heterocycles. The molecule has 3 rings (SSSR count). The number of esters is 1. The maximum Gasteiger partial charge on any atom is 0.495 e. The molecule has 0 amide bonds. The predicted molar refractivity (Wildman–Crippen MR) is 108 cm³/mol. The van der Waals surface area contributed by atoms with E-state index in [-0.39, 0.29) is 24.3 Å². The smallest absolute Gasteiger partial charge is 0.465 e. The molecule has 27 heavy (non-hydrogen) atoms. The lowest BCUT2D eigenvalue weighted by molar-refractivity contribution is 0.00578. The molecule has 0 spiro atoms. The Balaban J connectivity index is 1.93. The minimum absolute atomic E-state index is 0.328. The lowest BCUT2D eigenvalue weighted by Crippen LogP contribution is -2.41. The van der Waals surface area contributed by atoms with E-state index in [1.54, 1.807) is 12.1 Å². The summed E-state index contributed by atoms with van der Waals surface area (Å²) >= 11 is 0. The van der Waals surface area contributed by atoms with E-state index in [1.807, 2.05) is 12.1 Å². The Morgan fingerprint density at radius 3 is 2.00 bits per heavy atom. The van der Waals surface area contributed by atoms with Crippen LogP contribution in [0.5, 0.6) is 0 Å². The van der Waals surface area contributed by atoms with Gasteiger partial charge in [0.2, 0.25) is 0 Å². The van der Waals surface area contributed by atoms with Gasteiger partial charge in [0.15, 0.2) is 0 Å². The van der Waals surface area contributed by atoms with Crippen LogP contribution in [-0.2, 0) is 14.0 Å². The van der Waals surface area contributed by atoms with E-state index in [1.165, 1.54) is 7.11 Å². The molecule has 0 N–H and O–H groups in total. The summed E-state index contributed by atoms with van der Waals surface area (Å²) in [4.78, 5) is 11.6. The SMILES string of the molecule is COC(=O)c1ccc(-c2cc(C)c(B3OC(C)(C)C(C)(C)O3)cc2C)cc1. The van der Waals surface area contributed by atoms with Crippen LogP contribution in [0.1, 0.15) is 49.2 Å². The van der Waals surface area contributed by atoms with Crippen LogP contribution in [0.3, 0.4) is 0 Å². The monoisotopic (exact) mass is 366 g/mol. The molecule has 0 aliphatic carbocycles. The number of hydrogen-bond acceptors (Lipinski definition) is 4. The van der Waals surface area contributed by atoms with E-state index in [2.05, 4.69) is 53.7 Å². The largest absolute Gasteiger partial charge is 0.495 e. The molecule has 2 aromatic rings. The normalized spacial score (nSPS) is 17.8. The molecular formula is C22H27BO4. The van der Waals surface area contributed by atoms with Crippen LogP contribution in [0.2, 0.25) is 0 Å². The van der Waals surface area contributed by atoms with Crippen LogP contribution in [0.4, 0.5) is 0 Å². The molecule has 142 valence electrons. The topological polar surface area (TPSA) is 44.8 Å². The standard InChI is InChI=1S/C22H27BO4/c1-14-13-19(23-26-21(3,4)22(5,6)27-23)15(2)12-18(14)16-8-10-17(11-9-16)20(24)25-7/h8-13H,1-7H3. The van der Waals surface area contributed by atoms with Gasteiger partial charge in [0.25, 0.3) is 0 Å². The molecular weight excluding hydrogens is 339 g/mol. The highest BCUT2D eigenvalue weighted by atomic mass is 16.7. The van der Waals surface area contributed by atoms with E-state index in [4.69, 9.17) is 14.0 Å². The second-order valence-corrected chi connectivity index (χ2v) is 8.18. The molecule has 0 aromatic heterocycles. The van der Waals surface area contributed by atoms with Gasteiger partial charge in [-0.25, -0.2) is 4.79 Å². The highest BCUT2D eigenvalue weighted by molar-refractivity contribution is 6.62. The number of carbonyl (C=O) groups is 1. The fraction of sp³-hybridized carbons (Fsp3) is 0.409. The summed E-state index contributed by atoms with van der Waals surface area (Å²) in [5, 5.41) is 0. The minimum Gasteiger partial charge on any atom is -0.465 e. The van der Waals surface area contributed by atoms with Crippen molar-refractivity contribution in [3.63, 3.8) is 0 Å². The zero-order valence-corrected chi connectivity index (χ0v) is 17.2. The summed E-state index contributed by atoms with van der Waals surface area (Å²) in [6, 6.07) is 11.8. The van der Waals surface area contributed by atoms with Crippen molar-refractivity contribution in [3.05, 3.63) is 53.1 Å². The van der Waals surface area contributed by atoms with Gasteiger partial charge < -0.3 is 14.0 Å². The van der Waals surface area contributed by atoms with Crippen LogP contribution < -0.4 is 5.46 Å². The first-order valence-electron chi connectivity index (χ1n) is 9.21. The first-order valence-corrected chi connectivity index (χ1v) is 9.21. The number of benzene rings is 2. The number of carbonyl (C=O) groups excluding carboxylic acids is 1. The van der Waals surface area contributed by atoms with E-state index < -0.39 is 0 Å². The summed E-state index contributed by atoms with van der Waals surface area (Å²) in [5.41, 5.74) is 5.32. The molecule has 0 atom stereocenters. The van der Waals surface area contributed by atoms with Crippen LogP contribution >= 0.6 is 0 Å². The maximum absolute atomic E-state index is 11.6. The van der Waals surface area contributed by atoms with Crippen LogP contribution in [0.15, 0.2) is 36.4 Å². The Hall–Kier alpha value is -2.11. The van der Waals surface area contributed by atoms with Crippen molar-refractivity contribution in [2.45, 2.75) is 52.7 Å². The highest BCUT2D eigenvalue weighted by Crippen LogP contribution is 2.37. The van der Waals surface area contributed by atoms with Gasteiger partial charge in [0, 0.05) is 0 Å². The van der Waals surface area contributed by atoms with Crippen LogP contribution in [-0.4, -0.2) is 31.4 Å². The molecule has 0 unspecified atom stereocenters. The van der Waals surface area contributed by atoms with Crippen molar-refractivity contribution < 1.29 is 18.8 Å². The quantitative estimate of drug-likeness (QED) is 0.607. The molecule has 0 bridgehead atoms. The Kier molecular flexibility index (Phi) is 4.95. The molecule has 1 heterocycles. The Morgan fingerprint density at radius 1 is 0.926 bits per heavy atom. The number of hydrogen-bond donors (Lipinski definition) is 0. The van der Waals surface area contributed by atoms with Crippen molar-refractivity contribution in [1.82, 2.24) is 0 Å². The molecule has 0 radical (unpaired) electrons. The van der Waals surface area contributed by atoms with Gasteiger partial charge in [-0.2, -0.15) is 0 Å². The lowest BCUT2D eigenvalue weighted by Gasteiger charge is -2.32. The van der Waals surface area contributed by atoms with Crippen LogP contribution in [0.25, 0.3) is 11.1 Å². The third-order valence-corrected chi connectivity index (χ3v) is 5.74. The molecule has 1 fully saturated rings. The summed E-state index contributed by atoms with van der Waals surface area (Å²) in [6.07, 6.45) is 0. The van der Waals surface area contributed by atoms with Crippen LogP contribution in [0, 0.1) is 13.8 Å². The molecule has 5 heteroatoms. The Bertz CT molecular complexity index is 853. The summed E-state index contributed by atoms with van der Waals surface area (Å²) in [7, 11) is 1.02. The van der Waals surface area contributed by atoms with E-state index in [0.29, 0.717) is 5.56 Å². The Morgan fingerprint density at radius 2 is 1.48 bits per heavy atom. The number of aryl methyl sites for hydroxylation is 2. The third kappa shape index (κ3) is 3.54. The number of ether oxygens (including phenoxy) is 1. The van der Waals surface area contributed by atoms with Gasteiger partial charge in [-0.1, -0.05) is 29.8 Å². The molecule has 4 nitrogen and oxygen atoms in total. The summed E-state index contributed by atoms with van der Waals surface area (Å²) in [5.74, 6) is -0.328. The maximum atomic E-state index is 11.6. The lowest BCUT2D eigenvalue weighted by atomic mass is 9.74. The second kappa shape index (κ2) is 6.81. The van der Waals surface area contributed by atoms with Gasteiger partial charge in [-0.15, -0.1) is 0 Å². The van der Waals surface area contributed by atoms with Crippen molar-refractivity contribution in [2.24, 2.45) is 0 Å². The fourth-order valence-corrected chi connectivity index (χ4v) is 3.28. The first-order chi connectivity index (χ1) is 12.6. The van der Waals surface area contributed by atoms with Gasteiger partial charge in [-0.05, 0) is 75.8 Å². The summed E-state index contributed by atoms with van der Waals surface area (Å²) in [6.45, 7) is 12.4. The second-order valence-electron chi connectivity index (χ2n) is 8.18. The zero-order chi connectivity index (χ0) is 20.0.